The molecular formula is C21H28N2O2. The molecule has 4 bridgehead atoms. The van der Waals surface area contributed by atoms with Crippen LogP contribution in [0.25, 0.3) is 0 Å². The Balaban J connectivity index is 1.40. The van der Waals surface area contributed by atoms with Gasteiger partial charge in [0.15, 0.2) is 0 Å². The van der Waals surface area contributed by atoms with Gasteiger partial charge in [-0.3, -0.25) is 9.59 Å². The number of carbonyl (C=O) groups excluding carboxylic acids is 2. The Morgan fingerprint density at radius 3 is 1.88 bits per heavy atom. The van der Waals surface area contributed by atoms with Gasteiger partial charge in [0.05, 0.1) is 5.41 Å². The van der Waals surface area contributed by atoms with Crippen molar-refractivity contribution in [2.45, 2.75) is 58.3 Å². The highest BCUT2D eigenvalue weighted by atomic mass is 16.2. The molecular weight excluding hydrogens is 312 g/mol. The lowest BCUT2D eigenvalue weighted by Gasteiger charge is -2.55. The zero-order valence-electron chi connectivity index (χ0n) is 15.0. The van der Waals surface area contributed by atoms with Gasteiger partial charge in [-0.05, 0) is 87.0 Å². The van der Waals surface area contributed by atoms with Crippen LogP contribution in [0.3, 0.4) is 0 Å². The topological polar surface area (TPSA) is 58.2 Å². The molecule has 0 heterocycles. The molecule has 4 aliphatic carbocycles. The van der Waals surface area contributed by atoms with Crippen molar-refractivity contribution in [3.63, 3.8) is 0 Å². The van der Waals surface area contributed by atoms with E-state index in [0.29, 0.717) is 6.42 Å². The van der Waals surface area contributed by atoms with E-state index in [1.165, 1.54) is 19.3 Å². The van der Waals surface area contributed by atoms with Crippen LogP contribution in [0.5, 0.6) is 0 Å². The van der Waals surface area contributed by atoms with Gasteiger partial charge >= 0.3 is 0 Å². The van der Waals surface area contributed by atoms with Crippen molar-refractivity contribution in [2.75, 3.05) is 10.6 Å². The van der Waals surface area contributed by atoms with E-state index >= 15 is 0 Å². The maximum absolute atomic E-state index is 13.0. The van der Waals surface area contributed by atoms with Crippen LogP contribution in [0.1, 0.15) is 58.3 Å². The monoisotopic (exact) mass is 340 g/mol. The van der Waals surface area contributed by atoms with Crippen LogP contribution >= 0.6 is 0 Å². The highest BCUT2D eigenvalue weighted by Crippen LogP contribution is 2.60. The van der Waals surface area contributed by atoms with Crippen molar-refractivity contribution in [3.8, 4) is 0 Å². The minimum atomic E-state index is -0.122. The number of benzene rings is 1. The number of rotatable bonds is 5. The summed E-state index contributed by atoms with van der Waals surface area (Å²) in [5, 5.41) is 6.03. The summed E-state index contributed by atoms with van der Waals surface area (Å²) < 4.78 is 0. The fourth-order valence-corrected chi connectivity index (χ4v) is 5.74. The summed E-state index contributed by atoms with van der Waals surface area (Å²) in [5.41, 5.74) is 1.49. The van der Waals surface area contributed by atoms with E-state index in [9.17, 15) is 9.59 Å². The summed E-state index contributed by atoms with van der Waals surface area (Å²) in [6, 6.07) is 7.51. The van der Waals surface area contributed by atoms with Crippen LogP contribution in [0, 0.1) is 23.2 Å². The smallest absolute Gasteiger partial charge is 0.230 e. The largest absolute Gasteiger partial charge is 0.326 e. The molecule has 4 saturated carbocycles. The average molecular weight is 340 g/mol. The molecule has 4 aliphatic rings. The molecule has 25 heavy (non-hydrogen) atoms. The molecule has 4 nitrogen and oxygen atoms in total. The molecule has 0 aromatic heterocycles. The van der Waals surface area contributed by atoms with Gasteiger partial charge in [0.25, 0.3) is 0 Å². The third-order valence-corrected chi connectivity index (χ3v) is 6.42. The highest BCUT2D eigenvalue weighted by Gasteiger charge is 2.54. The van der Waals surface area contributed by atoms with Crippen LogP contribution in [0.15, 0.2) is 24.3 Å². The molecule has 0 spiro atoms. The zero-order valence-corrected chi connectivity index (χ0v) is 15.0. The first kappa shape index (κ1) is 16.6. The summed E-state index contributed by atoms with van der Waals surface area (Å²) in [7, 11) is 0. The number of hydrogen-bond donors (Lipinski definition) is 2. The van der Waals surface area contributed by atoms with E-state index in [1.54, 1.807) is 0 Å². The second kappa shape index (κ2) is 6.47. The molecule has 0 atom stereocenters. The van der Waals surface area contributed by atoms with Crippen LogP contribution in [0.4, 0.5) is 11.4 Å². The van der Waals surface area contributed by atoms with E-state index < -0.39 is 0 Å². The Morgan fingerprint density at radius 1 is 0.920 bits per heavy atom. The van der Waals surface area contributed by atoms with Crippen molar-refractivity contribution in [3.05, 3.63) is 24.3 Å². The van der Waals surface area contributed by atoms with Gasteiger partial charge in [-0.2, -0.15) is 0 Å². The molecule has 4 fully saturated rings. The zero-order chi connectivity index (χ0) is 17.4. The Hall–Kier alpha value is -1.84. The van der Waals surface area contributed by atoms with Gasteiger partial charge in [-0.1, -0.05) is 6.92 Å². The predicted octanol–water partition coefficient (Wildman–Crippen LogP) is 4.58. The Bertz CT molecular complexity index is 630. The molecule has 1 aromatic carbocycles. The first-order chi connectivity index (χ1) is 12.1. The maximum atomic E-state index is 13.0. The number of hydrogen-bond acceptors (Lipinski definition) is 2. The highest BCUT2D eigenvalue weighted by molar-refractivity contribution is 5.96. The van der Waals surface area contributed by atoms with Crippen molar-refractivity contribution in [1.82, 2.24) is 0 Å². The number of amides is 2. The summed E-state index contributed by atoms with van der Waals surface area (Å²) in [6.07, 6.45) is 8.65. The fraction of sp³-hybridized carbons (Fsp3) is 0.619. The second-order valence-electron chi connectivity index (χ2n) is 8.53. The predicted molar refractivity (Wildman–Crippen MR) is 99.2 cm³/mol. The lowest BCUT2D eigenvalue weighted by molar-refractivity contribution is -0.140. The molecule has 0 saturated heterocycles. The van der Waals surface area contributed by atoms with E-state index in [2.05, 4.69) is 10.6 Å². The van der Waals surface area contributed by atoms with Crippen LogP contribution < -0.4 is 10.6 Å². The molecule has 0 aliphatic heterocycles. The fourth-order valence-electron chi connectivity index (χ4n) is 5.74. The Labute approximate surface area is 149 Å². The molecule has 2 N–H and O–H groups in total. The summed E-state index contributed by atoms with van der Waals surface area (Å²) >= 11 is 0. The van der Waals surface area contributed by atoms with Gasteiger partial charge in [0.1, 0.15) is 0 Å². The first-order valence-corrected chi connectivity index (χ1v) is 9.78. The molecule has 1 aromatic rings. The third kappa shape index (κ3) is 3.31. The van der Waals surface area contributed by atoms with E-state index in [0.717, 1.165) is 54.8 Å². The van der Waals surface area contributed by atoms with Gasteiger partial charge in [0.2, 0.25) is 11.8 Å². The molecule has 134 valence electrons. The van der Waals surface area contributed by atoms with Crippen molar-refractivity contribution in [2.24, 2.45) is 23.2 Å². The third-order valence-electron chi connectivity index (χ3n) is 6.42. The van der Waals surface area contributed by atoms with Gasteiger partial charge in [0, 0.05) is 17.8 Å². The maximum Gasteiger partial charge on any atom is 0.230 e. The average Bonchev–Trinajstić information content (AvgIpc) is 2.55. The Kier molecular flexibility index (Phi) is 4.30. The van der Waals surface area contributed by atoms with Gasteiger partial charge in [-0.25, -0.2) is 0 Å². The lowest BCUT2D eigenvalue weighted by Crippen LogP contribution is -2.51. The molecule has 2 amide bonds. The van der Waals surface area contributed by atoms with Crippen molar-refractivity contribution < 1.29 is 9.59 Å². The Morgan fingerprint density at radius 2 is 1.40 bits per heavy atom. The lowest BCUT2D eigenvalue weighted by atomic mass is 9.49. The second-order valence-corrected chi connectivity index (χ2v) is 8.53. The number of nitrogens with one attached hydrogen (secondary N) is 2. The van der Waals surface area contributed by atoms with Crippen LogP contribution in [-0.2, 0) is 9.59 Å². The van der Waals surface area contributed by atoms with Crippen molar-refractivity contribution >= 4 is 23.2 Å². The minimum absolute atomic E-state index is 0.0350. The van der Waals surface area contributed by atoms with E-state index in [-0.39, 0.29) is 17.2 Å². The molecule has 4 heteroatoms. The number of anilines is 2. The summed E-state index contributed by atoms with van der Waals surface area (Å²) in [6.45, 7) is 1.99. The summed E-state index contributed by atoms with van der Waals surface area (Å²) in [4.78, 5) is 24.7. The quantitative estimate of drug-likeness (QED) is 0.824. The van der Waals surface area contributed by atoms with E-state index in [1.807, 2.05) is 31.2 Å². The normalized spacial score (nSPS) is 32.4. The van der Waals surface area contributed by atoms with Gasteiger partial charge in [-0.15, -0.1) is 0 Å². The van der Waals surface area contributed by atoms with E-state index in [4.69, 9.17) is 0 Å². The first-order valence-electron chi connectivity index (χ1n) is 9.78. The SMILES string of the molecule is CCCC(=O)Nc1ccc(NC(=O)C23CC4CC(CC(C4)C2)C3)cc1. The van der Waals surface area contributed by atoms with Gasteiger partial charge < -0.3 is 10.6 Å². The molecule has 0 unspecified atom stereocenters. The van der Waals surface area contributed by atoms with Crippen LogP contribution in [0.2, 0.25) is 0 Å². The summed E-state index contributed by atoms with van der Waals surface area (Å²) in [5.74, 6) is 2.57. The van der Waals surface area contributed by atoms with Crippen molar-refractivity contribution in [1.29, 1.82) is 0 Å². The standard InChI is InChI=1S/C21H28N2O2/c1-2-3-19(24)22-17-4-6-18(7-5-17)23-20(25)21-11-14-8-15(12-21)10-16(9-14)13-21/h4-7,14-16H,2-3,8-13H2,1H3,(H,22,24)(H,23,25). The molecule has 5 rings (SSSR count). The number of carbonyl (C=O) groups is 2. The minimum Gasteiger partial charge on any atom is -0.326 e. The molecule has 0 radical (unpaired) electrons. The van der Waals surface area contributed by atoms with Crippen LogP contribution in [-0.4, -0.2) is 11.8 Å².